The molecule has 112 valence electrons. The molecule has 0 fully saturated rings. The number of nitrogens with zero attached hydrogens (tertiary/aromatic N) is 2. The number of nitrogens with one attached hydrogen (secondary N) is 2. The zero-order valence-corrected chi connectivity index (χ0v) is 13.0. The van der Waals surface area contributed by atoms with E-state index < -0.39 is 0 Å². The topological polar surface area (TPSA) is 66.0 Å². The summed E-state index contributed by atoms with van der Waals surface area (Å²) in [6, 6.07) is 0. The third kappa shape index (κ3) is 8.42. The van der Waals surface area contributed by atoms with Crippen molar-refractivity contribution in [2.45, 2.75) is 32.8 Å². The van der Waals surface area contributed by atoms with E-state index in [1.807, 2.05) is 20.8 Å². The predicted octanol–water partition coefficient (Wildman–Crippen LogP) is 0.445. The lowest BCUT2D eigenvalue weighted by atomic mass is 10.1. The molecule has 6 nitrogen and oxygen atoms in total. The van der Waals surface area contributed by atoms with Gasteiger partial charge in [-0.3, -0.25) is 9.79 Å². The molecule has 0 heterocycles. The fourth-order valence-electron chi connectivity index (χ4n) is 1.19. The maximum absolute atomic E-state index is 11.5. The molecule has 0 radical (unpaired) electrons. The molecule has 0 saturated heterocycles. The van der Waals surface area contributed by atoms with Crippen molar-refractivity contribution in [2.75, 3.05) is 40.8 Å². The normalized spacial score (nSPS) is 12.2. The monoisotopic (exact) mass is 272 g/mol. The molecule has 1 amide bonds. The molecule has 0 aliphatic rings. The van der Waals surface area contributed by atoms with E-state index in [-0.39, 0.29) is 11.5 Å². The summed E-state index contributed by atoms with van der Waals surface area (Å²) in [6.45, 7) is 7.87. The molecule has 19 heavy (non-hydrogen) atoms. The largest absolute Gasteiger partial charge is 0.377 e. The first-order valence-corrected chi connectivity index (χ1v) is 6.60. The van der Waals surface area contributed by atoms with E-state index >= 15 is 0 Å². The second kappa shape index (κ2) is 8.74. The van der Waals surface area contributed by atoms with Gasteiger partial charge in [0, 0.05) is 40.7 Å². The second-order valence-corrected chi connectivity index (χ2v) is 5.12. The zero-order chi connectivity index (χ0) is 14.9. The van der Waals surface area contributed by atoms with Gasteiger partial charge in [0.2, 0.25) is 5.91 Å². The molecule has 0 bridgehead atoms. The Labute approximate surface area is 116 Å². The number of guanidine groups is 1. The van der Waals surface area contributed by atoms with Crippen molar-refractivity contribution >= 4 is 11.9 Å². The SMILES string of the molecule is CCNC(=NCC(C)(C)OC)NCCC(=O)N(C)C. The Balaban J connectivity index is 4.26. The molecule has 0 aromatic carbocycles. The molecule has 2 N–H and O–H groups in total. The zero-order valence-electron chi connectivity index (χ0n) is 13.0. The Morgan fingerprint density at radius 3 is 2.42 bits per heavy atom. The Kier molecular flexibility index (Phi) is 8.14. The molecule has 0 aliphatic heterocycles. The summed E-state index contributed by atoms with van der Waals surface area (Å²) in [5.41, 5.74) is -0.290. The highest BCUT2D eigenvalue weighted by atomic mass is 16.5. The van der Waals surface area contributed by atoms with E-state index in [2.05, 4.69) is 15.6 Å². The number of aliphatic imine (C=N–C) groups is 1. The summed E-state index contributed by atoms with van der Waals surface area (Å²) in [7, 11) is 5.18. The van der Waals surface area contributed by atoms with Crippen molar-refractivity contribution in [1.29, 1.82) is 0 Å². The van der Waals surface area contributed by atoms with Crippen molar-refractivity contribution < 1.29 is 9.53 Å². The number of methoxy groups -OCH3 is 1. The quantitative estimate of drug-likeness (QED) is 0.521. The fraction of sp³-hybridized carbons (Fsp3) is 0.846. The van der Waals surface area contributed by atoms with E-state index in [9.17, 15) is 4.79 Å². The molecule has 0 aromatic heterocycles. The minimum absolute atomic E-state index is 0.0977. The van der Waals surface area contributed by atoms with Crippen LogP contribution >= 0.6 is 0 Å². The molecule has 0 saturated carbocycles. The minimum atomic E-state index is -0.290. The molecule has 0 atom stereocenters. The standard InChI is InChI=1S/C13H28N4O2/c1-7-14-12(16-10-13(2,3)19-6)15-9-8-11(18)17(4)5/h7-10H2,1-6H3,(H2,14,15,16). The van der Waals surface area contributed by atoms with Gasteiger partial charge in [-0.05, 0) is 20.8 Å². The lowest BCUT2D eigenvalue weighted by Gasteiger charge is -2.21. The van der Waals surface area contributed by atoms with Crippen molar-refractivity contribution in [3.05, 3.63) is 0 Å². The van der Waals surface area contributed by atoms with Crippen LogP contribution in [0.5, 0.6) is 0 Å². The molecule has 0 spiro atoms. The van der Waals surface area contributed by atoms with Gasteiger partial charge in [-0.2, -0.15) is 0 Å². The maximum Gasteiger partial charge on any atom is 0.223 e. The van der Waals surface area contributed by atoms with Gasteiger partial charge in [0.1, 0.15) is 0 Å². The van der Waals surface area contributed by atoms with Crippen molar-refractivity contribution in [2.24, 2.45) is 4.99 Å². The lowest BCUT2D eigenvalue weighted by Crippen LogP contribution is -2.40. The van der Waals surface area contributed by atoms with Gasteiger partial charge >= 0.3 is 0 Å². The Hall–Kier alpha value is -1.30. The number of hydrogen-bond donors (Lipinski definition) is 2. The van der Waals surface area contributed by atoms with Crippen molar-refractivity contribution in [3.8, 4) is 0 Å². The van der Waals surface area contributed by atoms with Crippen LogP contribution in [0.1, 0.15) is 27.2 Å². The number of hydrogen-bond acceptors (Lipinski definition) is 3. The summed E-state index contributed by atoms with van der Waals surface area (Å²) >= 11 is 0. The van der Waals surface area contributed by atoms with E-state index in [1.165, 1.54) is 0 Å². The average Bonchev–Trinajstić information content (AvgIpc) is 2.35. The first-order chi connectivity index (χ1) is 8.82. The van der Waals surface area contributed by atoms with Crippen LogP contribution in [0.4, 0.5) is 0 Å². The third-order valence-electron chi connectivity index (χ3n) is 2.64. The van der Waals surface area contributed by atoms with E-state index in [0.717, 1.165) is 6.54 Å². The number of carbonyl (C=O) groups is 1. The van der Waals surface area contributed by atoms with Crippen molar-refractivity contribution in [3.63, 3.8) is 0 Å². The maximum atomic E-state index is 11.5. The number of carbonyl (C=O) groups excluding carboxylic acids is 1. The Morgan fingerprint density at radius 2 is 1.95 bits per heavy atom. The van der Waals surface area contributed by atoms with Gasteiger partial charge in [-0.15, -0.1) is 0 Å². The van der Waals surface area contributed by atoms with Crippen LogP contribution in [0.25, 0.3) is 0 Å². The highest BCUT2D eigenvalue weighted by Gasteiger charge is 2.15. The highest BCUT2D eigenvalue weighted by Crippen LogP contribution is 2.06. The van der Waals surface area contributed by atoms with Crippen molar-refractivity contribution in [1.82, 2.24) is 15.5 Å². The second-order valence-electron chi connectivity index (χ2n) is 5.12. The first-order valence-electron chi connectivity index (χ1n) is 6.60. The predicted molar refractivity (Wildman–Crippen MR) is 78.4 cm³/mol. The summed E-state index contributed by atoms with van der Waals surface area (Å²) in [5.74, 6) is 0.805. The smallest absolute Gasteiger partial charge is 0.223 e. The number of ether oxygens (including phenoxy) is 1. The molecule has 6 heteroatoms. The van der Waals surface area contributed by atoms with Gasteiger partial charge in [0.05, 0.1) is 12.1 Å². The van der Waals surface area contributed by atoms with E-state index in [0.29, 0.717) is 25.5 Å². The summed E-state index contributed by atoms with van der Waals surface area (Å²) in [4.78, 5) is 17.5. The van der Waals surface area contributed by atoms with Crippen LogP contribution in [0.3, 0.4) is 0 Å². The van der Waals surface area contributed by atoms with Gasteiger partial charge in [0.15, 0.2) is 5.96 Å². The highest BCUT2D eigenvalue weighted by molar-refractivity contribution is 5.81. The van der Waals surface area contributed by atoms with Crippen LogP contribution in [-0.4, -0.2) is 63.2 Å². The van der Waals surface area contributed by atoms with Crippen LogP contribution in [0, 0.1) is 0 Å². The van der Waals surface area contributed by atoms with Crippen LogP contribution < -0.4 is 10.6 Å². The number of rotatable bonds is 7. The average molecular weight is 272 g/mol. The molecular formula is C13H28N4O2. The molecule has 0 rings (SSSR count). The lowest BCUT2D eigenvalue weighted by molar-refractivity contribution is -0.128. The summed E-state index contributed by atoms with van der Waals surface area (Å²) in [5, 5.41) is 6.28. The molecule has 0 aromatic rings. The minimum Gasteiger partial charge on any atom is -0.377 e. The van der Waals surface area contributed by atoms with Gasteiger partial charge in [-0.25, -0.2) is 0 Å². The molecular weight excluding hydrogens is 244 g/mol. The van der Waals surface area contributed by atoms with Crippen LogP contribution in [0.2, 0.25) is 0 Å². The Bertz CT molecular complexity index is 301. The summed E-state index contributed by atoms with van der Waals surface area (Å²) < 4.78 is 5.32. The van der Waals surface area contributed by atoms with Gasteiger partial charge < -0.3 is 20.3 Å². The van der Waals surface area contributed by atoms with Gasteiger partial charge in [0.25, 0.3) is 0 Å². The molecule has 0 aliphatic carbocycles. The van der Waals surface area contributed by atoms with E-state index in [1.54, 1.807) is 26.1 Å². The summed E-state index contributed by atoms with van der Waals surface area (Å²) in [6.07, 6.45) is 0.449. The third-order valence-corrected chi connectivity index (χ3v) is 2.64. The fourth-order valence-corrected chi connectivity index (χ4v) is 1.19. The van der Waals surface area contributed by atoms with Crippen LogP contribution in [0.15, 0.2) is 4.99 Å². The molecule has 0 unspecified atom stereocenters. The number of amides is 1. The first kappa shape index (κ1) is 17.7. The Morgan fingerprint density at radius 1 is 1.32 bits per heavy atom. The van der Waals surface area contributed by atoms with E-state index in [4.69, 9.17) is 4.74 Å². The van der Waals surface area contributed by atoms with Crippen LogP contribution in [-0.2, 0) is 9.53 Å². The van der Waals surface area contributed by atoms with Gasteiger partial charge in [-0.1, -0.05) is 0 Å².